The van der Waals surface area contributed by atoms with Crippen molar-refractivity contribution in [1.29, 1.82) is 0 Å². The topological polar surface area (TPSA) is 90.4 Å². The quantitative estimate of drug-likeness (QED) is 0.546. The largest absolute Gasteiger partial charge is 0.493 e. The molecule has 0 saturated carbocycles. The summed E-state index contributed by atoms with van der Waals surface area (Å²) in [6, 6.07) is 9.66. The molecule has 0 aliphatic carbocycles. The first-order valence-electron chi connectivity index (χ1n) is 10.5. The van der Waals surface area contributed by atoms with E-state index in [0.717, 1.165) is 53.4 Å². The number of ether oxygens (including phenoxy) is 3. The molecule has 0 atom stereocenters. The van der Waals surface area contributed by atoms with Gasteiger partial charge < -0.3 is 24.8 Å². The van der Waals surface area contributed by atoms with E-state index in [-0.39, 0.29) is 0 Å². The van der Waals surface area contributed by atoms with Gasteiger partial charge >= 0.3 is 0 Å². The van der Waals surface area contributed by atoms with Crippen molar-refractivity contribution in [3.63, 3.8) is 0 Å². The number of piperazine rings is 1. The minimum absolute atomic E-state index is 0.460. The number of anilines is 2. The van der Waals surface area contributed by atoms with E-state index in [4.69, 9.17) is 19.2 Å². The first-order chi connectivity index (χ1) is 15.6. The van der Waals surface area contributed by atoms with Crippen molar-refractivity contribution < 1.29 is 14.2 Å². The number of pyridine rings is 1. The predicted molar refractivity (Wildman–Crippen MR) is 125 cm³/mol. The van der Waals surface area contributed by atoms with Gasteiger partial charge in [0.15, 0.2) is 11.5 Å². The highest BCUT2D eigenvalue weighted by Gasteiger charge is 2.28. The van der Waals surface area contributed by atoms with Crippen LogP contribution < -0.4 is 29.3 Å². The highest BCUT2D eigenvalue weighted by Crippen LogP contribution is 2.40. The van der Waals surface area contributed by atoms with Gasteiger partial charge in [-0.05, 0) is 12.1 Å². The summed E-state index contributed by atoms with van der Waals surface area (Å²) < 4.78 is 17.1. The molecule has 2 N–H and O–H groups in total. The van der Waals surface area contributed by atoms with Crippen LogP contribution in [0.2, 0.25) is 0 Å². The maximum absolute atomic E-state index is 5.42. The van der Waals surface area contributed by atoms with Crippen molar-refractivity contribution in [3.05, 3.63) is 42.7 Å². The fourth-order valence-electron chi connectivity index (χ4n) is 3.84. The average Bonchev–Trinajstić information content (AvgIpc) is 2.84. The van der Waals surface area contributed by atoms with E-state index in [0.29, 0.717) is 23.2 Å². The van der Waals surface area contributed by atoms with Gasteiger partial charge in [0.25, 0.3) is 0 Å². The smallest absolute Gasteiger partial charge is 0.227 e. The fourth-order valence-corrected chi connectivity index (χ4v) is 3.84. The van der Waals surface area contributed by atoms with Crippen molar-refractivity contribution in [2.24, 2.45) is 0 Å². The van der Waals surface area contributed by atoms with Gasteiger partial charge in [0.05, 0.1) is 47.2 Å². The van der Waals surface area contributed by atoms with Crippen LogP contribution in [0.3, 0.4) is 0 Å². The Morgan fingerprint density at radius 2 is 1.66 bits per heavy atom. The zero-order chi connectivity index (χ0) is 22.6. The van der Waals surface area contributed by atoms with Crippen molar-refractivity contribution in [1.82, 2.24) is 24.8 Å². The van der Waals surface area contributed by atoms with Gasteiger partial charge in [-0.2, -0.15) is 0 Å². The van der Waals surface area contributed by atoms with Gasteiger partial charge in [0, 0.05) is 54.9 Å². The number of rotatable bonds is 7. The van der Waals surface area contributed by atoms with Gasteiger partial charge in [-0.3, -0.25) is 4.48 Å². The second-order valence-electron chi connectivity index (χ2n) is 7.80. The lowest BCUT2D eigenvalue weighted by molar-refractivity contribution is 0.282. The highest BCUT2D eigenvalue weighted by atomic mass is 16.5. The van der Waals surface area contributed by atoms with Gasteiger partial charge in [0.2, 0.25) is 17.5 Å². The molecule has 32 heavy (non-hydrogen) atoms. The summed E-state index contributed by atoms with van der Waals surface area (Å²) in [4.78, 5) is 13.8. The predicted octanol–water partition coefficient (Wildman–Crippen LogP) is 2.85. The highest BCUT2D eigenvalue weighted by molar-refractivity contribution is 5.67. The second-order valence-corrected chi connectivity index (χ2v) is 7.80. The van der Waals surface area contributed by atoms with Gasteiger partial charge in [0.1, 0.15) is 0 Å². The Morgan fingerprint density at radius 1 is 0.938 bits per heavy atom. The molecule has 1 fully saturated rings. The van der Waals surface area contributed by atoms with Crippen LogP contribution in [0.5, 0.6) is 17.2 Å². The molecule has 0 unspecified atom stereocenters. The molecule has 0 spiro atoms. The first-order valence-corrected chi connectivity index (χ1v) is 10.5. The van der Waals surface area contributed by atoms with Crippen molar-refractivity contribution >= 4 is 17.5 Å². The van der Waals surface area contributed by atoms with Crippen LogP contribution in [0.25, 0.3) is 11.3 Å². The standard InChI is InChI=1S/C23H29N6O3/c1-29(11-9-24-10-12-29)21-6-5-16(15-26-21)18-7-8-25-23(28-18)27-17-13-19(30-2)22(32-4)20(14-17)31-3/h5-8,13-15,24H,9-12H2,1-4H3,(H,25,27,28)/q+1. The van der Waals surface area contributed by atoms with E-state index in [1.807, 2.05) is 24.4 Å². The van der Waals surface area contributed by atoms with Crippen LogP contribution in [0.15, 0.2) is 42.7 Å². The fraction of sp³-hybridized carbons (Fsp3) is 0.348. The van der Waals surface area contributed by atoms with Crippen molar-refractivity contribution in [2.75, 3.05) is 59.9 Å². The van der Waals surface area contributed by atoms with E-state index in [2.05, 4.69) is 39.8 Å². The van der Waals surface area contributed by atoms with Crippen molar-refractivity contribution in [2.45, 2.75) is 0 Å². The van der Waals surface area contributed by atoms with E-state index < -0.39 is 0 Å². The van der Waals surface area contributed by atoms with E-state index >= 15 is 0 Å². The van der Waals surface area contributed by atoms with Crippen LogP contribution >= 0.6 is 0 Å². The van der Waals surface area contributed by atoms with E-state index in [1.54, 1.807) is 27.5 Å². The monoisotopic (exact) mass is 437 g/mol. The first kappa shape index (κ1) is 21.8. The summed E-state index contributed by atoms with van der Waals surface area (Å²) in [5.74, 6) is 3.16. The molecule has 0 amide bonds. The summed E-state index contributed by atoms with van der Waals surface area (Å²) in [5, 5.41) is 6.62. The molecule has 3 aromatic rings. The number of quaternary nitrogens is 1. The number of nitrogens with one attached hydrogen (secondary N) is 2. The third-order valence-electron chi connectivity index (χ3n) is 5.74. The number of hydrogen-bond donors (Lipinski definition) is 2. The van der Waals surface area contributed by atoms with Crippen LogP contribution in [0.4, 0.5) is 17.5 Å². The number of benzene rings is 1. The molecular weight excluding hydrogens is 408 g/mol. The number of nitrogens with zero attached hydrogens (tertiary/aromatic N) is 4. The second kappa shape index (κ2) is 9.37. The average molecular weight is 438 g/mol. The van der Waals surface area contributed by atoms with Crippen LogP contribution in [-0.2, 0) is 0 Å². The lowest BCUT2D eigenvalue weighted by Crippen LogP contribution is -2.57. The number of likely N-dealkylation sites (N-methyl/N-ethyl adjacent to an activating group) is 1. The SMILES string of the molecule is COc1cc(Nc2nccc(-c3ccc([N+]4(C)CCNCC4)nc3)n2)cc(OC)c1OC. The molecule has 9 nitrogen and oxygen atoms in total. The lowest BCUT2D eigenvalue weighted by atomic mass is 10.2. The molecule has 1 aliphatic rings. The Morgan fingerprint density at radius 3 is 2.25 bits per heavy atom. The molecule has 4 rings (SSSR count). The maximum Gasteiger partial charge on any atom is 0.227 e. The van der Waals surface area contributed by atoms with Gasteiger partial charge in [-0.15, -0.1) is 0 Å². The Balaban J connectivity index is 1.57. The molecule has 1 aliphatic heterocycles. The van der Waals surface area contributed by atoms with Gasteiger partial charge in [-0.1, -0.05) is 0 Å². The summed E-state index contributed by atoms with van der Waals surface area (Å²) in [6.45, 7) is 4.06. The van der Waals surface area contributed by atoms with Crippen molar-refractivity contribution in [3.8, 4) is 28.5 Å². The molecule has 1 saturated heterocycles. The lowest BCUT2D eigenvalue weighted by Gasteiger charge is -2.36. The molecule has 0 bridgehead atoms. The summed E-state index contributed by atoms with van der Waals surface area (Å²) in [7, 11) is 6.96. The number of methoxy groups -OCH3 is 3. The normalized spacial score (nSPS) is 15.1. The Labute approximate surface area is 188 Å². The summed E-state index contributed by atoms with van der Waals surface area (Å²) in [5.41, 5.74) is 2.45. The molecule has 9 heteroatoms. The Bertz CT molecular complexity index is 1040. The number of hydrogen-bond acceptors (Lipinski definition) is 8. The summed E-state index contributed by atoms with van der Waals surface area (Å²) in [6.07, 6.45) is 3.60. The third kappa shape index (κ3) is 4.44. The zero-order valence-electron chi connectivity index (χ0n) is 18.9. The summed E-state index contributed by atoms with van der Waals surface area (Å²) >= 11 is 0. The maximum atomic E-state index is 5.42. The van der Waals surface area contributed by atoms with Crippen LogP contribution in [0, 0.1) is 0 Å². The van der Waals surface area contributed by atoms with E-state index in [1.165, 1.54) is 0 Å². The van der Waals surface area contributed by atoms with E-state index in [9.17, 15) is 0 Å². The van der Waals surface area contributed by atoms with Crippen LogP contribution in [0.1, 0.15) is 0 Å². The molecule has 3 heterocycles. The molecule has 0 radical (unpaired) electrons. The minimum atomic E-state index is 0.460. The molecule has 168 valence electrons. The molecular formula is C23H29N6O3+. The van der Waals surface area contributed by atoms with Crippen LogP contribution in [-0.4, -0.2) is 69.5 Å². The minimum Gasteiger partial charge on any atom is -0.493 e. The molecule has 2 aromatic heterocycles. The number of aromatic nitrogens is 3. The van der Waals surface area contributed by atoms with Gasteiger partial charge in [-0.25, -0.2) is 15.0 Å². The molecule has 1 aromatic carbocycles. The third-order valence-corrected chi connectivity index (χ3v) is 5.74. The Kier molecular flexibility index (Phi) is 6.38. The Hall–Kier alpha value is -3.43. The zero-order valence-corrected chi connectivity index (χ0v) is 18.9.